The predicted octanol–water partition coefficient (Wildman–Crippen LogP) is 4.42. The normalized spacial score (nSPS) is 11.9. The first-order valence-electron chi connectivity index (χ1n) is 4.35. The zero-order chi connectivity index (χ0) is 7.98. The summed E-state index contributed by atoms with van der Waals surface area (Å²) in [4.78, 5) is 0. The molecule has 0 N–H and O–H groups in total. The van der Waals surface area contributed by atoms with Crippen molar-refractivity contribution >= 4 is 0 Å². The summed E-state index contributed by atoms with van der Waals surface area (Å²) in [6, 6.07) is 0. The molecule has 11 heavy (non-hydrogen) atoms. The van der Waals surface area contributed by atoms with Crippen molar-refractivity contribution in [2.24, 2.45) is 5.92 Å². The first-order valence-corrected chi connectivity index (χ1v) is 4.35. The van der Waals surface area contributed by atoms with Crippen molar-refractivity contribution in [1.82, 2.24) is 0 Å². The van der Waals surface area contributed by atoms with Crippen LogP contribution in [0.5, 0.6) is 0 Å². The molecule has 0 spiro atoms. The van der Waals surface area contributed by atoms with Gasteiger partial charge in [-0.2, -0.15) is 0 Å². The van der Waals surface area contributed by atoms with Gasteiger partial charge in [0.2, 0.25) is 0 Å². The fourth-order valence-electron chi connectivity index (χ4n) is 1.35. The summed E-state index contributed by atoms with van der Waals surface area (Å²) < 4.78 is 0. The molecule has 0 fully saturated rings. The average Bonchev–Trinajstić information content (AvgIpc) is 1.86. The number of allylic oxidation sites excluding steroid dienone is 1. The Balaban J connectivity index is 0. The molecule has 0 aromatic rings. The molecule has 0 saturated heterocycles. The molecule has 0 heterocycles. The molecule has 0 saturated carbocycles. The molecule has 0 bridgehead atoms. The van der Waals surface area contributed by atoms with E-state index >= 15 is 0 Å². The summed E-state index contributed by atoms with van der Waals surface area (Å²) in [5.41, 5.74) is 1.33. The van der Waals surface area contributed by atoms with E-state index in [1.807, 2.05) is 0 Å². The van der Waals surface area contributed by atoms with Gasteiger partial charge in [-0.05, 0) is 19.3 Å². The Bertz CT molecular complexity index is 92.2. The summed E-state index contributed by atoms with van der Waals surface area (Å²) in [5.74, 6) is 0.891. The third-order valence-corrected chi connectivity index (χ3v) is 1.91. The summed E-state index contributed by atoms with van der Waals surface area (Å²) in [6.45, 7) is 10.6. The number of hydrogen-bond acceptors (Lipinski definition) is 0. The van der Waals surface area contributed by atoms with Crippen LogP contribution in [0.15, 0.2) is 12.2 Å². The number of rotatable bonds is 5. The second-order valence-corrected chi connectivity index (χ2v) is 3.22. The summed E-state index contributed by atoms with van der Waals surface area (Å²) in [7, 11) is 0. The minimum atomic E-state index is 0. The molecule has 0 heteroatoms. The van der Waals surface area contributed by atoms with Gasteiger partial charge in [-0.15, -0.1) is 6.58 Å². The SMILES string of the molecule is C.C=C(C)CC(CC)CCC. The molecule has 68 valence electrons. The summed E-state index contributed by atoms with van der Waals surface area (Å²) in [5, 5.41) is 0. The minimum absolute atomic E-state index is 0. The zero-order valence-electron chi connectivity index (χ0n) is 7.61. The van der Waals surface area contributed by atoms with Crippen LogP contribution in [0.4, 0.5) is 0 Å². The largest absolute Gasteiger partial charge is 0.100 e. The highest BCUT2D eigenvalue weighted by Gasteiger charge is 2.03. The molecule has 0 aliphatic rings. The van der Waals surface area contributed by atoms with Gasteiger partial charge >= 0.3 is 0 Å². The first kappa shape index (κ1) is 13.3. The Labute approximate surface area is 72.7 Å². The van der Waals surface area contributed by atoms with E-state index in [0.717, 1.165) is 5.92 Å². The zero-order valence-corrected chi connectivity index (χ0v) is 7.61. The molecular weight excluding hydrogens is 132 g/mol. The second-order valence-electron chi connectivity index (χ2n) is 3.22. The molecule has 0 aliphatic heterocycles. The van der Waals surface area contributed by atoms with Crippen LogP contribution in [0, 0.1) is 5.92 Å². The van der Waals surface area contributed by atoms with Crippen LogP contribution in [0.2, 0.25) is 0 Å². The molecule has 0 rings (SSSR count). The fraction of sp³-hybridized carbons (Fsp3) is 0.818. The van der Waals surface area contributed by atoms with Crippen molar-refractivity contribution in [2.45, 2.75) is 53.9 Å². The Morgan fingerprint density at radius 2 is 1.91 bits per heavy atom. The van der Waals surface area contributed by atoms with Gasteiger partial charge in [0, 0.05) is 0 Å². The monoisotopic (exact) mass is 156 g/mol. The van der Waals surface area contributed by atoms with Gasteiger partial charge in [0.25, 0.3) is 0 Å². The van der Waals surface area contributed by atoms with Crippen molar-refractivity contribution in [3.63, 3.8) is 0 Å². The second kappa shape index (κ2) is 7.84. The summed E-state index contributed by atoms with van der Waals surface area (Å²) in [6.07, 6.45) is 5.21. The maximum Gasteiger partial charge on any atom is -0.0297 e. The Morgan fingerprint density at radius 3 is 2.18 bits per heavy atom. The third kappa shape index (κ3) is 7.64. The van der Waals surface area contributed by atoms with Crippen molar-refractivity contribution in [3.05, 3.63) is 12.2 Å². The van der Waals surface area contributed by atoms with E-state index in [1.165, 1.54) is 31.3 Å². The van der Waals surface area contributed by atoms with Crippen LogP contribution in [-0.4, -0.2) is 0 Å². The topological polar surface area (TPSA) is 0 Å². The minimum Gasteiger partial charge on any atom is -0.100 e. The molecule has 0 radical (unpaired) electrons. The van der Waals surface area contributed by atoms with Crippen LogP contribution in [0.1, 0.15) is 53.9 Å². The molecule has 0 nitrogen and oxygen atoms in total. The molecule has 0 aromatic heterocycles. The highest BCUT2D eigenvalue weighted by atomic mass is 14.1. The van der Waals surface area contributed by atoms with Crippen LogP contribution in [0.25, 0.3) is 0 Å². The van der Waals surface area contributed by atoms with Crippen molar-refractivity contribution in [1.29, 1.82) is 0 Å². The lowest BCUT2D eigenvalue weighted by Crippen LogP contribution is -1.97. The summed E-state index contributed by atoms with van der Waals surface area (Å²) >= 11 is 0. The van der Waals surface area contributed by atoms with Gasteiger partial charge in [-0.25, -0.2) is 0 Å². The molecule has 0 aliphatic carbocycles. The lowest BCUT2D eigenvalue weighted by Gasteiger charge is -2.12. The van der Waals surface area contributed by atoms with E-state index in [1.54, 1.807) is 0 Å². The van der Waals surface area contributed by atoms with E-state index in [9.17, 15) is 0 Å². The van der Waals surface area contributed by atoms with Crippen molar-refractivity contribution < 1.29 is 0 Å². The number of hydrogen-bond donors (Lipinski definition) is 0. The van der Waals surface area contributed by atoms with Crippen LogP contribution >= 0.6 is 0 Å². The first-order chi connectivity index (χ1) is 4.70. The maximum atomic E-state index is 3.93. The van der Waals surface area contributed by atoms with Gasteiger partial charge in [0.1, 0.15) is 0 Å². The van der Waals surface area contributed by atoms with Crippen molar-refractivity contribution in [2.75, 3.05) is 0 Å². The molecule has 1 unspecified atom stereocenters. The van der Waals surface area contributed by atoms with E-state index in [0.29, 0.717) is 0 Å². The Hall–Kier alpha value is -0.260. The highest BCUT2D eigenvalue weighted by molar-refractivity contribution is 4.89. The molecule has 0 amide bonds. The van der Waals surface area contributed by atoms with E-state index < -0.39 is 0 Å². The highest BCUT2D eigenvalue weighted by Crippen LogP contribution is 2.18. The standard InChI is InChI=1S/C10H20.CH4/c1-5-7-10(6-2)8-9(3)4;/h10H,3,5-8H2,1-2,4H3;1H4. The van der Waals surface area contributed by atoms with E-state index in [4.69, 9.17) is 0 Å². The predicted molar refractivity (Wildman–Crippen MR) is 54.9 cm³/mol. The van der Waals surface area contributed by atoms with Gasteiger partial charge in [-0.3, -0.25) is 0 Å². The van der Waals surface area contributed by atoms with E-state index in [2.05, 4.69) is 27.4 Å². The van der Waals surface area contributed by atoms with Gasteiger partial charge in [0.05, 0.1) is 0 Å². The average molecular weight is 156 g/mol. The Kier molecular flexibility index (Phi) is 9.51. The molecule has 1 atom stereocenters. The lowest BCUT2D eigenvalue weighted by molar-refractivity contribution is 0.461. The van der Waals surface area contributed by atoms with Gasteiger partial charge in [0.15, 0.2) is 0 Å². The van der Waals surface area contributed by atoms with Crippen LogP contribution < -0.4 is 0 Å². The van der Waals surface area contributed by atoms with Crippen LogP contribution in [-0.2, 0) is 0 Å². The molecular formula is C11H24. The smallest absolute Gasteiger partial charge is 0.0297 e. The van der Waals surface area contributed by atoms with Gasteiger partial charge < -0.3 is 0 Å². The Morgan fingerprint density at radius 1 is 1.36 bits per heavy atom. The molecule has 0 aromatic carbocycles. The third-order valence-electron chi connectivity index (χ3n) is 1.91. The van der Waals surface area contributed by atoms with Gasteiger partial charge in [-0.1, -0.05) is 46.1 Å². The quantitative estimate of drug-likeness (QED) is 0.517. The van der Waals surface area contributed by atoms with Crippen LogP contribution in [0.3, 0.4) is 0 Å². The van der Waals surface area contributed by atoms with Crippen molar-refractivity contribution in [3.8, 4) is 0 Å². The lowest BCUT2D eigenvalue weighted by atomic mass is 9.94. The maximum absolute atomic E-state index is 3.93. The fourth-order valence-corrected chi connectivity index (χ4v) is 1.35. The van der Waals surface area contributed by atoms with E-state index in [-0.39, 0.29) is 7.43 Å².